The predicted molar refractivity (Wildman–Crippen MR) is 255 cm³/mol. The molecule has 1 amide bonds. The number of ether oxygens (including phenoxy) is 3. The molecule has 0 radical (unpaired) electrons. The lowest BCUT2D eigenvalue weighted by molar-refractivity contribution is -0.304. The zero-order valence-electron chi connectivity index (χ0n) is 40.8. The molecule has 0 saturated carbocycles. The molecule has 0 bridgehead atoms. The summed E-state index contributed by atoms with van der Waals surface area (Å²) in [5.41, 5.74) is 0. The van der Waals surface area contributed by atoms with Crippen LogP contribution in [0.3, 0.4) is 0 Å². The van der Waals surface area contributed by atoms with E-state index in [4.69, 9.17) is 14.2 Å². The Morgan fingerprint density at radius 3 is 1.27 bits per heavy atom. The van der Waals surface area contributed by atoms with Crippen molar-refractivity contribution in [3.8, 4) is 0 Å². The molecule has 0 aromatic heterocycles. The van der Waals surface area contributed by atoms with Gasteiger partial charge in [0.25, 0.3) is 0 Å². The molecule has 62 heavy (non-hydrogen) atoms. The van der Waals surface area contributed by atoms with Crippen LogP contribution in [0.4, 0.5) is 0 Å². The molecule has 6 N–H and O–H groups in total. The van der Waals surface area contributed by atoms with Crippen molar-refractivity contribution in [2.75, 3.05) is 19.8 Å². The summed E-state index contributed by atoms with van der Waals surface area (Å²) in [5.74, 6) is -0.228. The van der Waals surface area contributed by atoms with Crippen molar-refractivity contribution >= 4 is 5.91 Å². The SMILES string of the molecule is CCCCCCCCCCCCCCCCCCCCCCCCCC(=O)N[C@@H](CO[C@@H]1OC(COCC)[C@H](O)[C@H](O)C1O)[C@H](O)[C@H](O)CCCCCCCCCCCCCC. The number of amides is 1. The molecule has 8 atom stereocenters. The van der Waals surface area contributed by atoms with Crippen LogP contribution in [0, 0.1) is 0 Å². The molecule has 0 aromatic rings. The molecule has 370 valence electrons. The minimum Gasteiger partial charge on any atom is -0.390 e. The van der Waals surface area contributed by atoms with Crippen LogP contribution in [0.25, 0.3) is 0 Å². The Morgan fingerprint density at radius 2 is 0.887 bits per heavy atom. The van der Waals surface area contributed by atoms with Gasteiger partial charge < -0.3 is 45.1 Å². The zero-order chi connectivity index (χ0) is 45.3. The molecule has 0 aliphatic carbocycles. The Morgan fingerprint density at radius 1 is 0.516 bits per heavy atom. The summed E-state index contributed by atoms with van der Waals surface area (Å²) < 4.78 is 17.0. The van der Waals surface area contributed by atoms with Crippen molar-refractivity contribution in [1.29, 1.82) is 0 Å². The van der Waals surface area contributed by atoms with Crippen molar-refractivity contribution < 1.29 is 44.5 Å². The van der Waals surface area contributed by atoms with Gasteiger partial charge in [-0.2, -0.15) is 0 Å². The molecule has 1 saturated heterocycles. The van der Waals surface area contributed by atoms with Crippen molar-refractivity contribution in [2.24, 2.45) is 0 Å². The lowest BCUT2D eigenvalue weighted by Crippen LogP contribution is -2.60. The molecule has 1 fully saturated rings. The Labute approximate surface area is 381 Å². The van der Waals surface area contributed by atoms with Crippen LogP contribution in [-0.4, -0.2) is 100 Å². The van der Waals surface area contributed by atoms with E-state index >= 15 is 0 Å². The smallest absolute Gasteiger partial charge is 0.220 e. The van der Waals surface area contributed by atoms with Gasteiger partial charge in [-0.3, -0.25) is 4.79 Å². The van der Waals surface area contributed by atoms with Gasteiger partial charge in [-0.15, -0.1) is 0 Å². The fourth-order valence-electron chi connectivity index (χ4n) is 8.83. The van der Waals surface area contributed by atoms with Crippen molar-refractivity contribution in [2.45, 2.75) is 307 Å². The fraction of sp³-hybridized carbons (Fsp3) is 0.981. The molecule has 2 unspecified atom stereocenters. The second-order valence-electron chi connectivity index (χ2n) is 18.9. The van der Waals surface area contributed by atoms with E-state index in [1.807, 2.05) is 0 Å². The van der Waals surface area contributed by atoms with Gasteiger partial charge in [-0.25, -0.2) is 0 Å². The lowest BCUT2D eigenvalue weighted by atomic mass is 9.98. The van der Waals surface area contributed by atoms with Gasteiger partial charge in [0.2, 0.25) is 5.91 Å². The van der Waals surface area contributed by atoms with Gasteiger partial charge >= 0.3 is 0 Å². The van der Waals surface area contributed by atoms with E-state index in [-0.39, 0.29) is 19.1 Å². The number of aliphatic hydroxyl groups is 5. The summed E-state index contributed by atoms with van der Waals surface area (Å²) in [6.07, 6.45) is 36.4. The average Bonchev–Trinajstić information content (AvgIpc) is 3.27. The van der Waals surface area contributed by atoms with E-state index in [1.54, 1.807) is 6.92 Å². The van der Waals surface area contributed by atoms with Gasteiger partial charge in [-0.05, 0) is 19.8 Å². The van der Waals surface area contributed by atoms with Gasteiger partial charge in [0.05, 0.1) is 25.4 Å². The predicted octanol–water partition coefficient (Wildman–Crippen LogP) is 11.5. The number of hydrogen-bond donors (Lipinski definition) is 6. The Bertz CT molecular complexity index is 959. The number of hydrogen-bond acceptors (Lipinski definition) is 9. The molecule has 0 spiro atoms. The first-order chi connectivity index (χ1) is 30.3. The fourth-order valence-corrected chi connectivity index (χ4v) is 8.83. The minimum atomic E-state index is -1.55. The van der Waals surface area contributed by atoms with Crippen molar-refractivity contribution in [3.05, 3.63) is 0 Å². The summed E-state index contributed by atoms with van der Waals surface area (Å²) in [6, 6.07) is -0.954. The molecule has 1 aliphatic rings. The number of unbranched alkanes of at least 4 members (excludes halogenated alkanes) is 33. The van der Waals surface area contributed by atoms with Crippen LogP contribution < -0.4 is 5.32 Å². The Kier molecular flexibility index (Phi) is 40.8. The topological polar surface area (TPSA) is 158 Å². The first kappa shape index (κ1) is 59.2. The zero-order valence-corrected chi connectivity index (χ0v) is 40.8. The standard InChI is InChI=1S/C52H103NO9/c1-4-7-9-11-13-15-17-19-20-21-22-23-24-25-26-27-28-29-31-33-35-37-39-41-47(55)53-44(42-61-52-51(59)50(58)49(57)46(62-52)43-60-6-3)48(56)45(54)40-38-36-34-32-30-18-16-14-12-10-8-5-2/h44-46,48-52,54,56-59H,4-43H2,1-3H3,(H,53,55)/t44-,45+,46?,48-,49-,50-,51?,52+/m0/s1. The van der Waals surface area contributed by atoms with E-state index in [0.29, 0.717) is 19.4 Å². The Hall–Kier alpha value is -0.850. The number of rotatable bonds is 46. The molecular weight excluding hydrogens is 783 g/mol. The van der Waals surface area contributed by atoms with Gasteiger partial charge in [0.1, 0.15) is 30.5 Å². The van der Waals surface area contributed by atoms with Crippen LogP contribution in [0.1, 0.15) is 258 Å². The highest BCUT2D eigenvalue weighted by Crippen LogP contribution is 2.24. The van der Waals surface area contributed by atoms with Crippen LogP contribution in [-0.2, 0) is 19.0 Å². The average molecular weight is 886 g/mol. The maximum Gasteiger partial charge on any atom is 0.220 e. The quantitative estimate of drug-likeness (QED) is 0.0327. The van der Waals surface area contributed by atoms with E-state index in [0.717, 1.165) is 38.5 Å². The third-order valence-electron chi connectivity index (χ3n) is 13.1. The van der Waals surface area contributed by atoms with Crippen molar-refractivity contribution in [1.82, 2.24) is 5.32 Å². The second-order valence-corrected chi connectivity index (χ2v) is 18.9. The maximum atomic E-state index is 13.1. The summed E-state index contributed by atoms with van der Waals surface area (Å²) in [5, 5.41) is 56.6. The highest BCUT2D eigenvalue weighted by Gasteiger charge is 2.45. The maximum absolute atomic E-state index is 13.1. The van der Waals surface area contributed by atoms with E-state index < -0.39 is 49.0 Å². The van der Waals surface area contributed by atoms with Gasteiger partial charge in [0.15, 0.2) is 6.29 Å². The summed E-state index contributed by atoms with van der Waals surface area (Å²) in [6.45, 7) is 6.46. The molecular formula is C52H103NO9. The Balaban J connectivity index is 2.32. The highest BCUT2D eigenvalue weighted by molar-refractivity contribution is 5.76. The van der Waals surface area contributed by atoms with Crippen LogP contribution >= 0.6 is 0 Å². The van der Waals surface area contributed by atoms with Crippen LogP contribution in [0.15, 0.2) is 0 Å². The lowest BCUT2D eigenvalue weighted by Gasteiger charge is -2.40. The van der Waals surface area contributed by atoms with E-state index in [9.17, 15) is 30.3 Å². The molecule has 10 nitrogen and oxygen atoms in total. The molecule has 0 aromatic carbocycles. The molecule has 1 aliphatic heterocycles. The third-order valence-corrected chi connectivity index (χ3v) is 13.1. The molecule has 1 heterocycles. The summed E-state index contributed by atoms with van der Waals surface area (Å²) >= 11 is 0. The van der Waals surface area contributed by atoms with E-state index in [1.165, 1.54) is 186 Å². The number of carbonyl (C=O) groups is 1. The second kappa shape index (κ2) is 42.8. The number of nitrogens with one attached hydrogen (secondary N) is 1. The monoisotopic (exact) mass is 886 g/mol. The molecule has 10 heteroatoms. The first-order valence-electron chi connectivity index (χ1n) is 26.8. The van der Waals surface area contributed by atoms with Gasteiger partial charge in [-0.1, -0.05) is 232 Å². The van der Waals surface area contributed by atoms with E-state index in [2.05, 4.69) is 19.2 Å². The minimum absolute atomic E-state index is 0.00141. The largest absolute Gasteiger partial charge is 0.390 e. The number of carbonyl (C=O) groups excluding carboxylic acids is 1. The summed E-state index contributed by atoms with van der Waals surface area (Å²) in [4.78, 5) is 13.1. The number of aliphatic hydroxyl groups excluding tert-OH is 5. The summed E-state index contributed by atoms with van der Waals surface area (Å²) in [7, 11) is 0. The van der Waals surface area contributed by atoms with Crippen LogP contribution in [0.5, 0.6) is 0 Å². The highest BCUT2D eigenvalue weighted by atomic mass is 16.7. The normalized spacial score (nSPS) is 20.7. The first-order valence-corrected chi connectivity index (χ1v) is 26.8. The molecule has 1 rings (SSSR count). The van der Waals surface area contributed by atoms with Gasteiger partial charge in [0, 0.05) is 13.0 Å². The van der Waals surface area contributed by atoms with Crippen LogP contribution in [0.2, 0.25) is 0 Å². The third kappa shape index (κ3) is 31.9. The van der Waals surface area contributed by atoms with Crippen molar-refractivity contribution in [3.63, 3.8) is 0 Å².